The van der Waals surface area contributed by atoms with Crippen LogP contribution in [-0.2, 0) is 11.2 Å². The Kier molecular flexibility index (Phi) is 7.68. The van der Waals surface area contributed by atoms with Gasteiger partial charge in [-0.3, -0.25) is 4.79 Å². The van der Waals surface area contributed by atoms with E-state index in [0.717, 1.165) is 16.9 Å². The van der Waals surface area contributed by atoms with Crippen LogP contribution >= 0.6 is 11.6 Å². The molecule has 3 aromatic rings. The van der Waals surface area contributed by atoms with Gasteiger partial charge in [0.2, 0.25) is 0 Å². The van der Waals surface area contributed by atoms with Crippen molar-refractivity contribution in [1.82, 2.24) is 5.32 Å². The maximum Gasteiger partial charge on any atom is 0.338 e. The highest BCUT2D eigenvalue weighted by atomic mass is 35.5. The standard InChI is InChI=1S/C25H25ClN2O3/c1-3-31-25(30)19-11-9-18(10-12-19)15-16-27-24(29)22-17-20(26)13-14-23(22)28(2)21-7-5-4-6-8-21/h4-14,17H,3,15-16H2,1-2H3,(H,27,29). The lowest BCUT2D eigenvalue weighted by molar-refractivity contribution is 0.0526. The van der Waals surface area contributed by atoms with Gasteiger partial charge < -0.3 is 15.0 Å². The fourth-order valence-corrected chi connectivity index (χ4v) is 3.38. The predicted octanol–water partition coefficient (Wildman–Crippen LogP) is 5.26. The van der Waals surface area contributed by atoms with Crippen molar-refractivity contribution in [3.05, 3.63) is 94.5 Å². The van der Waals surface area contributed by atoms with E-state index in [9.17, 15) is 9.59 Å². The van der Waals surface area contributed by atoms with Crippen LogP contribution in [0.2, 0.25) is 5.02 Å². The Balaban J connectivity index is 1.65. The first-order valence-corrected chi connectivity index (χ1v) is 10.5. The summed E-state index contributed by atoms with van der Waals surface area (Å²) in [5, 5.41) is 3.47. The molecular weight excluding hydrogens is 412 g/mol. The van der Waals surface area contributed by atoms with Crippen molar-refractivity contribution in [2.75, 3.05) is 25.1 Å². The van der Waals surface area contributed by atoms with Crippen molar-refractivity contribution < 1.29 is 14.3 Å². The Bertz CT molecular complexity index is 1040. The first kappa shape index (κ1) is 22.4. The van der Waals surface area contributed by atoms with Crippen LogP contribution in [0.1, 0.15) is 33.2 Å². The number of carbonyl (C=O) groups is 2. The van der Waals surface area contributed by atoms with Gasteiger partial charge in [-0.2, -0.15) is 0 Å². The lowest BCUT2D eigenvalue weighted by Gasteiger charge is -2.22. The number of benzene rings is 3. The molecule has 0 heterocycles. The monoisotopic (exact) mass is 436 g/mol. The van der Waals surface area contributed by atoms with Gasteiger partial charge in [0.05, 0.1) is 23.4 Å². The zero-order valence-electron chi connectivity index (χ0n) is 17.6. The summed E-state index contributed by atoms with van der Waals surface area (Å²) in [6.45, 7) is 2.58. The van der Waals surface area contributed by atoms with Gasteiger partial charge in [-0.25, -0.2) is 4.79 Å². The predicted molar refractivity (Wildman–Crippen MR) is 124 cm³/mol. The van der Waals surface area contributed by atoms with Crippen molar-refractivity contribution in [3.63, 3.8) is 0 Å². The van der Waals surface area contributed by atoms with E-state index in [1.807, 2.05) is 60.5 Å². The van der Waals surface area contributed by atoms with Crippen LogP contribution < -0.4 is 10.2 Å². The Morgan fingerprint density at radius 3 is 2.39 bits per heavy atom. The normalized spacial score (nSPS) is 10.4. The lowest BCUT2D eigenvalue weighted by Crippen LogP contribution is -2.27. The number of amides is 1. The van der Waals surface area contributed by atoms with E-state index in [1.54, 1.807) is 31.2 Å². The van der Waals surface area contributed by atoms with Crippen LogP contribution in [0, 0.1) is 0 Å². The molecule has 0 fully saturated rings. The van der Waals surface area contributed by atoms with E-state index in [4.69, 9.17) is 16.3 Å². The van der Waals surface area contributed by atoms with Crippen LogP contribution in [-0.4, -0.2) is 32.1 Å². The first-order valence-electron chi connectivity index (χ1n) is 10.1. The second kappa shape index (κ2) is 10.6. The summed E-state index contributed by atoms with van der Waals surface area (Å²) in [5.41, 5.74) is 3.78. The summed E-state index contributed by atoms with van der Waals surface area (Å²) >= 11 is 6.17. The van der Waals surface area contributed by atoms with Gasteiger partial charge >= 0.3 is 5.97 Å². The van der Waals surface area contributed by atoms with Crippen LogP contribution in [0.5, 0.6) is 0 Å². The van der Waals surface area contributed by atoms with E-state index >= 15 is 0 Å². The lowest BCUT2D eigenvalue weighted by atomic mass is 10.1. The van der Waals surface area contributed by atoms with E-state index in [1.165, 1.54) is 0 Å². The molecule has 0 bridgehead atoms. The Morgan fingerprint density at radius 2 is 1.71 bits per heavy atom. The van der Waals surface area contributed by atoms with Crippen molar-refractivity contribution in [3.8, 4) is 0 Å². The molecule has 6 heteroatoms. The number of hydrogen-bond donors (Lipinski definition) is 1. The Morgan fingerprint density at radius 1 is 1.00 bits per heavy atom. The zero-order valence-corrected chi connectivity index (χ0v) is 18.4. The van der Waals surface area contributed by atoms with Crippen molar-refractivity contribution >= 4 is 34.9 Å². The van der Waals surface area contributed by atoms with Gasteiger partial charge in [0.25, 0.3) is 5.91 Å². The topological polar surface area (TPSA) is 58.6 Å². The maximum absolute atomic E-state index is 12.9. The van der Waals surface area contributed by atoms with E-state index < -0.39 is 0 Å². The minimum Gasteiger partial charge on any atom is -0.462 e. The molecule has 3 rings (SSSR count). The summed E-state index contributed by atoms with van der Waals surface area (Å²) in [5.74, 6) is -0.526. The molecule has 5 nitrogen and oxygen atoms in total. The van der Waals surface area contributed by atoms with E-state index in [-0.39, 0.29) is 11.9 Å². The molecule has 0 unspecified atom stereocenters. The van der Waals surface area contributed by atoms with Crippen molar-refractivity contribution in [1.29, 1.82) is 0 Å². The molecule has 31 heavy (non-hydrogen) atoms. The van der Waals surface area contributed by atoms with Crippen LogP contribution in [0.4, 0.5) is 11.4 Å². The zero-order chi connectivity index (χ0) is 22.2. The number of nitrogens with one attached hydrogen (secondary N) is 1. The van der Waals surface area contributed by atoms with Crippen molar-refractivity contribution in [2.24, 2.45) is 0 Å². The minimum absolute atomic E-state index is 0.191. The summed E-state index contributed by atoms with van der Waals surface area (Å²) < 4.78 is 4.99. The molecule has 0 aliphatic rings. The molecule has 160 valence electrons. The SMILES string of the molecule is CCOC(=O)c1ccc(CCNC(=O)c2cc(Cl)ccc2N(C)c2ccccc2)cc1. The molecule has 0 aliphatic heterocycles. The minimum atomic E-state index is -0.335. The van der Waals surface area contributed by atoms with E-state index in [2.05, 4.69) is 5.32 Å². The quantitative estimate of drug-likeness (QED) is 0.489. The molecule has 0 saturated heterocycles. The molecule has 0 aromatic heterocycles. The third-order valence-electron chi connectivity index (χ3n) is 4.87. The van der Waals surface area contributed by atoms with Gasteiger partial charge in [-0.05, 0) is 61.4 Å². The molecule has 0 spiro atoms. The van der Waals surface area contributed by atoms with Gasteiger partial charge in [0, 0.05) is 24.3 Å². The molecule has 0 aliphatic carbocycles. The summed E-state index contributed by atoms with van der Waals surface area (Å²) in [7, 11) is 1.92. The molecule has 3 aromatic carbocycles. The molecule has 0 atom stereocenters. The molecule has 0 radical (unpaired) electrons. The summed E-state index contributed by atoms with van der Waals surface area (Å²) in [6, 6.07) is 22.3. The third kappa shape index (κ3) is 5.86. The molecule has 0 saturated carbocycles. The third-order valence-corrected chi connectivity index (χ3v) is 5.11. The molecule has 1 N–H and O–H groups in total. The Hall–Kier alpha value is -3.31. The number of anilines is 2. The largest absolute Gasteiger partial charge is 0.462 e. The fraction of sp³-hybridized carbons (Fsp3) is 0.200. The summed E-state index contributed by atoms with van der Waals surface area (Å²) in [6.07, 6.45) is 0.638. The van der Waals surface area contributed by atoms with Crippen LogP contribution in [0.3, 0.4) is 0 Å². The first-order chi connectivity index (χ1) is 15.0. The molecular formula is C25H25ClN2O3. The maximum atomic E-state index is 12.9. The van der Waals surface area contributed by atoms with Gasteiger partial charge in [0.15, 0.2) is 0 Å². The number of halogens is 1. The highest BCUT2D eigenvalue weighted by Gasteiger charge is 2.16. The van der Waals surface area contributed by atoms with E-state index in [0.29, 0.717) is 35.7 Å². The fourth-order valence-electron chi connectivity index (χ4n) is 3.21. The number of nitrogens with zero attached hydrogens (tertiary/aromatic N) is 1. The number of para-hydroxylation sites is 1. The summed E-state index contributed by atoms with van der Waals surface area (Å²) in [4.78, 5) is 26.6. The highest BCUT2D eigenvalue weighted by molar-refractivity contribution is 6.31. The van der Waals surface area contributed by atoms with Crippen LogP contribution in [0.15, 0.2) is 72.8 Å². The number of rotatable bonds is 8. The number of esters is 1. The average Bonchev–Trinajstić information content (AvgIpc) is 2.79. The number of hydrogen-bond acceptors (Lipinski definition) is 4. The van der Waals surface area contributed by atoms with Gasteiger partial charge in [0.1, 0.15) is 0 Å². The second-order valence-electron chi connectivity index (χ2n) is 6.98. The van der Waals surface area contributed by atoms with Crippen molar-refractivity contribution in [2.45, 2.75) is 13.3 Å². The van der Waals surface area contributed by atoms with Crippen LogP contribution in [0.25, 0.3) is 0 Å². The second-order valence-corrected chi connectivity index (χ2v) is 7.42. The molecule has 1 amide bonds. The Labute approximate surface area is 187 Å². The number of ether oxygens (including phenoxy) is 1. The van der Waals surface area contributed by atoms with Gasteiger partial charge in [-0.1, -0.05) is 41.9 Å². The van der Waals surface area contributed by atoms with Gasteiger partial charge in [-0.15, -0.1) is 0 Å². The number of carbonyl (C=O) groups excluding carboxylic acids is 2. The average molecular weight is 437 g/mol. The highest BCUT2D eigenvalue weighted by Crippen LogP contribution is 2.29. The smallest absolute Gasteiger partial charge is 0.338 e.